The van der Waals surface area contributed by atoms with Crippen molar-refractivity contribution in [3.8, 4) is 0 Å². The summed E-state index contributed by atoms with van der Waals surface area (Å²) < 4.78 is 117. The number of carbonyl (C=O) groups excluding carboxylic acids is 9. The molecule has 0 bridgehead atoms. The lowest BCUT2D eigenvalue weighted by Crippen LogP contribution is -2.49. The molecule has 16 rings (SSSR count). The maximum atomic E-state index is 13.3. The van der Waals surface area contributed by atoms with Crippen LogP contribution in [-0.4, -0.2) is 131 Å². The summed E-state index contributed by atoms with van der Waals surface area (Å²) in [6, 6.07) is 82.9. The van der Waals surface area contributed by atoms with Crippen LogP contribution in [0.3, 0.4) is 0 Å². The highest BCUT2D eigenvalue weighted by Gasteiger charge is 2.34. The molecule has 8 amide bonds. The van der Waals surface area contributed by atoms with Crippen molar-refractivity contribution in [2.45, 2.75) is 161 Å². The van der Waals surface area contributed by atoms with E-state index in [4.69, 9.17) is 0 Å². The number of para-hydroxylation sites is 1. The number of fused-ring (bicyclic) bond motifs is 4. The van der Waals surface area contributed by atoms with Crippen LogP contribution < -0.4 is 66.3 Å². The normalized spacial score (nSPS) is 14.0. The molecule has 12 aromatic rings. The number of hydrogen-bond donors (Lipinski definition) is 12. The average Bonchev–Trinajstić information content (AvgIpc) is 0.805. The van der Waals surface area contributed by atoms with Gasteiger partial charge in [0.2, 0.25) is 87.4 Å². The van der Waals surface area contributed by atoms with Crippen LogP contribution in [-0.2, 0) is 147 Å². The van der Waals surface area contributed by atoms with Gasteiger partial charge >= 0.3 is 0 Å². The SMILES string of the molecule is CC(=O)Nc1ccc(NC(=O)C(Cc2ccccc2)NS(=O)(=O)c2ccc3c(c2)CCC(=O)N3)cc1.CCN(CCNC(=O)C(Cc1ccccc1)NS(=O)(=O)c1ccc2c(c1)CCC(=O)N2)c1ccccc1.CCc1cccc(CC(=O)C(Cc2ccccc2)NS(=O)(=O)c2ccc3c(c2)CCC(=O)N3)c1.Cc1cccc(NC(=O)C(Cc2ccccc2)NS(=O)(=O)c2ccc3c(c2)CCC(=O)N3)c1. The van der Waals surface area contributed by atoms with Gasteiger partial charge < -0.3 is 47.4 Å². The summed E-state index contributed by atoms with van der Waals surface area (Å²) in [6.45, 7) is 9.15. The van der Waals surface area contributed by atoms with Crippen LogP contribution in [0.1, 0.15) is 108 Å². The summed E-state index contributed by atoms with van der Waals surface area (Å²) in [6.07, 6.45) is 4.86. The molecule has 0 spiro atoms. The van der Waals surface area contributed by atoms with Gasteiger partial charge in [0.05, 0.1) is 25.6 Å². The van der Waals surface area contributed by atoms with Gasteiger partial charge in [-0.05, 0) is 254 Å². The molecule has 4 heterocycles. The zero-order valence-corrected chi connectivity index (χ0v) is 80.9. The maximum absolute atomic E-state index is 13.3. The number of sulfonamides is 4. The van der Waals surface area contributed by atoms with Crippen molar-refractivity contribution in [3.05, 3.63) is 358 Å². The molecule has 0 radical (unpaired) electrons. The lowest BCUT2D eigenvalue weighted by atomic mass is 9.97. The molecule has 726 valence electrons. The minimum Gasteiger partial charge on any atom is -0.370 e. The van der Waals surface area contributed by atoms with Gasteiger partial charge in [-0.1, -0.05) is 183 Å². The number of anilines is 8. The highest BCUT2D eigenvalue weighted by molar-refractivity contribution is 7.90. The highest BCUT2D eigenvalue weighted by atomic mass is 32.2. The van der Waals surface area contributed by atoms with Crippen LogP contribution in [0.15, 0.2) is 317 Å². The number of rotatable bonds is 35. The number of nitrogens with zero attached hydrogens (tertiary/aromatic N) is 1. The predicted molar refractivity (Wildman–Crippen MR) is 542 cm³/mol. The molecule has 30 nitrogen and oxygen atoms in total. The van der Waals surface area contributed by atoms with Crippen LogP contribution in [0.25, 0.3) is 0 Å². The van der Waals surface area contributed by atoms with Gasteiger partial charge in [0.25, 0.3) is 0 Å². The van der Waals surface area contributed by atoms with E-state index in [1.807, 2.05) is 208 Å². The Morgan fingerprint density at radius 2 is 0.650 bits per heavy atom. The predicted octanol–water partition coefficient (Wildman–Crippen LogP) is 13.4. The number of Topliss-reactive ketones (excluding diaryl/α,β-unsaturated/α-hetero) is 1. The molecule has 0 fully saturated rings. The van der Waals surface area contributed by atoms with Gasteiger partial charge in [0.15, 0.2) is 5.78 Å². The Kier molecular flexibility index (Phi) is 35.4. The summed E-state index contributed by atoms with van der Waals surface area (Å²) in [5.74, 6) is -2.14. The van der Waals surface area contributed by atoms with Crippen LogP contribution in [0, 0.1) is 6.92 Å². The van der Waals surface area contributed by atoms with Crippen LogP contribution in [0.5, 0.6) is 0 Å². The van der Waals surface area contributed by atoms with Crippen LogP contribution >= 0.6 is 0 Å². The van der Waals surface area contributed by atoms with E-state index in [-0.39, 0.29) is 99.3 Å². The number of aryl methyl sites for hydroxylation is 6. The van der Waals surface area contributed by atoms with E-state index < -0.39 is 76.1 Å². The number of likely N-dealkylation sites (N-methyl/N-ethyl adjacent to an activating group) is 1. The fraction of sp³-hybridized carbons (Fsp3) is 0.236. The molecule has 4 aliphatic rings. The second-order valence-corrected chi connectivity index (χ2v) is 40.9. The monoisotopic (exact) mass is 1970 g/mol. The fourth-order valence-corrected chi connectivity index (χ4v) is 21.2. The van der Waals surface area contributed by atoms with Crippen molar-refractivity contribution in [1.82, 2.24) is 24.2 Å². The Morgan fingerprint density at radius 3 is 1.01 bits per heavy atom. The molecular weight excluding hydrogens is 1860 g/mol. The van der Waals surface area contributed by atoms with Crippen molar-refractivity contribution in [2.24, 2.45) is 0 Å². The minimum atomic E-state index is -4.06. The second kappa shape index (κ2) is 48.2. The zero-order chi connectivity index (χ0) is 99.5. The third-order valence-electron chi connectivity index (χ3n) is 23.5. The van der Waals surface area contributed by atoms with Gasteiger partial charge in [-0.25, -0.2) is 38.4 Å². The van der Waals surface area contributed by atoms with Gasteiger partial charge in [0.1, 0.15) is 18.1 Å². The fourth-order valence-electron chi connectivity index (χ4n) is 16.2. The molecule has 12 aromatic carbocycles. The smallest absolute Gasteiger partial charge is 0.242 e. The van der Waals surface area contributed by atoms with E-state index in [1.54, 1.807) is 72.8 Å². The zero-order valence-electron chi connectivity index (χ0n) is 77.6. The Hall–Kier alpha value is -14.5. The van der Waals surface area contributed by atoms with E-state index in [2.05, 4.69) is 73.2 Å². The van der Waals surface area contributed by atoms with E-state index >= 15 is 0 Å². The molecule has 0 aromatic heterocycles. The molecule has 0 saturated carbocycles. The van der Waals surface area contributed by atoms with Crippen molar-refractivity contribution in [2.75, 3.05) is 61.8 Å². The van der Waals surface area contributed by atoms with Gasteiger partial charge in [-0.15, -0.1) is 0 Å². The first-order valence-corrected chi connectivity index (χ1v) is 51.8. The van der Waals surface area contributed by atoms with Crippen LogP contribution in [0.2, 0.25) is 0 Å². The van der Waals surface area contributed by atoms with E-state index in [9.17, 15) is 76.8 Å². The van der Waals surface area contributed by atoms with Crippen molar-refractivity contribution < 1.29 is 76.8 Å². The number of carbonyl (C=O) groups is 9. The van der Waals surface area contributed by atoms with E-state index in [0.29, 0.717) is 97.8 Å². The third kappa shape index (κ3) is 29.8. The first kappa shape index (κ1) is 103. The minimum absolute atomic E-state index is 0.0166. The lowest BCUT2D eigenvalue weighted by molar-refractivity contribution is -0.123. The topological polar surface area (TPSA) is 438 Å². The second-order valence-electron chi connectivity index (χ2n) is 34.1. The molecule has 140 heavy (non-hydrogen) atoms. The molecule has 0 saturated heterocycles. The lowest BCUT2D eigenvalue weighted by Gasteiger charge is -2.24. The molecule has 12 N–H and O–H groups in total. The standard InChI is InChI=1S/C28H32N4O4S.C27H28N2O4S.C26H26N4O5S.C25H25N3O4S/c1-2-32(23-11-7-4-8-12-23)18-17-29-28(34)26(19-21-9-5-3-6-10-21)31-37(35,36)24-14-15-25-22(20-24)13-16-27(33)30-25;1-2-19-9-6-10-21(15-19)17-26(30)25(16-20-7-4-3-5-8-20)29-34(32,33)23-12-13-24-22(18-23)11-14-27(31)28-24;1-17(31)27-20-8-10-21(11-9-20)28-26(33)24(15-18-5-3-2-4-6-18)30-36(34,35)22-12-13-23-19(16-22)7-14-25(32)29-23;1-17-6-5-9-20(14-17)26-25(30)23(15-18-7-3-2-4-8-18)28-33(31,32)21-11-12-22-19(16-21)10-13-24(29)27-22/h3-12,14-15,20,26,31H,2,13,16-19H2,1H3,(H,29,34)(H,30,33);3-10,12-13,15,18,25,29H,2,11,14,16-17H2,1H3,(H,28,31);2-6,8-13,16,24,30H,7,14-15H2,1H3,(H,27,31)(H,28,33)(H,29,32);2-9,11-12,14,16,23,28H,10,13,15H2,1H3,(H,26,30)(H,27,29). The third-order valence-corrected chi connectivity index (χ3v) is 29.4. The van der Waals surface area contributed by atoms with Gasteiger partial charge in [-0.3, -0.25) is 43.2 Å². The largest absolute Gasteiger partial charge is 0.370 e. The first-order chi connectivity index (χ1) is 67.2. The highest BCUT2D eigenvalue weighted by Crippen LogP contribution is 2.32. The number of hydrogen-bond acceptors (Lipinski definition) is 18. The van der Waals surface area contributed by atoms with Crippen molar-refractivity contribution in [1.29, 1.82) is 0 Å². The number of nitrogens with one attached hydrogen (secondary N) is 12. The van der Waals surface area contributed by atoms with Crippen molar-refractivity contribution in [3.63, 3.8) is 0 Å². The quantitative estimate of drug-likeness (QED) is 0.0175. The van der Waals surface area contributed by atoms with E-state index in [0.717, 1.165) is 79.9 Å². The van der Waals surface area contributed by atoms with Crippen LogP contribution in [0.4, 0.5) is 45.5 Å². The maximum Gasteiger partial charge on any atom is 0.242 e. The Bertz CT molecular complexity index is 6980. The summed E-state index contributed by atoms with van der Waals surface area (Å²) in [5, 5.41) is 22.1. The Morgan fingerprint density at radius 1 is 0.329 bits per heavy atom. The summed E-state index contributed by atoms with van der Waals surface area (Å²) in [5.41, 5.74) is 14.5. The Balaban J connectivity index is 0.000000157. The van der Waals surface area contributed by atoms with Gasteiger partial charge in [0, 0.05) is 104 Å². The molecule has 34 heteroatoms. The summed E-state index contributed by atoms with van der Waals surface area (Å²) in [4.78, 5) is 113. The van der Waals surface area contributed by atoms with E-state index in [1.165, 1.54) is 37.3 Å². The molecule has 4 unspecified atom stereocenters. The van der Waals surface area contributed by atoms with Gasteiger partial charge in [-0.2, -0.15) is 14.2 Å². The molecular formula is C106H111N13O17S4. The van der Waals surface area contributed by atoms with Crippen molar-refractivity contribution >= 4 is 139 Å². The molecule has 0 aliphatic carbocycles. The Labute approximate surface area is 815 Å². The average molecular weight is 1970 g/mol. The number of ketones is 1. The summed E-state index contributed by atoms with van der Waals surface area (Å²) in [7, 11) is -16.0. The molecule has 4 atom stereocenters. The number of amides is 8. The number of benzene rings is 12. The summed E-state index contributed by atoms with van der Waals surface area (Å²) >= 11 is 0. The molecule has 4 aliphatic heterocycles. The first-order valence-electron chi connectivity index (χ1n) is 45.9.